The van der Waals surface area contributed by atoms with Crippen molar-refractivity contribution in [3.8, 4) is 0 Å². The Kier molecular flexibility index (Phi) is 1.54. The Morgan fingerprint density at radius 3 is 2.78 bits per heavy atom. The monoisotopic (exact) mass is 147 g/mol. The number of aliphatic imine (C=N–C) groups is 2. The van der Waals surface area contributed by atoms with Gasteiger partial charge in [0, 0.05) is 0 Å². The second-order valence-corrected chi connectivity index (χ2v) is 1.85. The molecule has 1 rings (SSSR count). The molecule has 4 N–H and O–H groups in total. The number of hydrogen-bond donors (Lipinski definition) is 2. The lowest BCUT2D eigenvalue weighted by Gasteiger charge is -2.16. The number of halogens is 1. The SMILES string of the molecule is NC1=NCN(N)C(Cl)=N1. The molecule has 50 valence electrons. The van der Waals surface area contributed by atoms with Gasteiger partial charge in [0.25, 0.3) is 0 Å². The molecule has 0 atom stereocenters. The number of rotatable bonds is 0. The molecule has 0 amide bonds. The van der Waals surface area contributed by atoms with Crippen LogP contribution in [-0.4, -0.2) is 22.9 Å². The first-order valence-electron chi connectivity index (χ1n) is 2.26. The summed E-state index contributed by atoms with van der Waals surface area (Å²) >= 11 is 5.45. The number of amidine groups is 1. The minimum absolute atomic E-state index is 0.168. The van der Waals surface area contributed by atoms with Gasteiger partial charge in [-0.3, -0.25) is 5.01 Å². The quantitative estimate of drug-likeness (QED) is 0.342. The fraction of sp³-hybridized carbons (Fsp3) is 0.333. The number of nitrogens with two attached hydrogens (primary N) is 2. The summed E-state index contributed by atoms with van der Waals surface area (Å²) in [4.78, 5) is 7.26. The lowest BCUT2D eigenvalue weighted by molar-refractivity contribution is 0.457. The van der Waals surface area contributed by atoms with Gasteiger partial charge in [-0.05, 0) is 11.6 Å². The Labute approximate surface area is 57.0 Å². The number of guanidine groups is 1. The van der Waals surface area contributed by atoms with E-state index in [-0.39, 0.29) is 17.9 Å². The Balaban J connectivity index is 2.74. The molecule has 0 saturated carbocycles. The largest absolute Gasteiger partial charge is 0.368 e. The predicted octanol–water partition coefficient (Wildman–Crippen LogP) is -0.957. The Morgan fingerprint density at radius 1 is 1.67 bits per heavy atom. The van der Waals surface area contributed by atoms with Gasteiger partial charge in [0.1, 0.15) is 6.67 Å². The average Bonchev–Trinajstić information content (AvgIpc) is 1.80. The maximum absolute atomic E-state index is 5.45. The van der Waals surface area contributed by atoms with Crippen LogP contribution < -0.4 is 11.6 Å². The fourth-order valence-corrected chi connectivity index (χ4v) is 0.541. The van der Waals surface area contributed by atoms with Gasteiger partial charge in [-0.15, -0.1) is 0 Å². The molecule has 0 unspecified atom stereocenters. The minimum Gasteiger partial charge on any atom is -0.368 e. The molecule has 0 bridgehead atoms. The summed E-state index contributed by atoms with van der Waals surface area (Å²) in [6.07, 6.45) is 0. The van der Waals surface area contributed by atoms with E-state index in [0.717, 1.165) is 0 Å². The maximum atomic E-state index is 5.45. The zero-order valence-electron chi connectivity index (χ0n) is 4.58. The highest BCUT2D eigenvalue weighted by Gasteiger charge is 2.07. The third kappa shape index (κ3) is 1.30. The van der Waals surface area contributed by atoms with Crippen LogP contribution in [0.4, 0.5) is 0 Å². The van der Waals surface area contributed by atoms with E-state index in [1.165, 1.54) is 5.01 Å². The van der Waals surface area contributed by atoms with Crippen LogP contribution in [0.5, 0.6) is 0 Å². The normalized spacial score (nSPS) is 19.1. The van der Waals surface area contributed by atoms with Crippen LogP contribution in [0.25, 0.3) is 0 Å². The molecular formula is C3H6ClN5. The molecule has 0 saturated heterocycles. The molecule has 1 aliphatic heterocycles. The summed E-state index contributed by atoms with van der Waals surface area (Å²) in [5, 5.41) is 1.36. The molecule has 0 aromatic carbocycles. The van der Waals surface area contributed by atoms with Crippen LogP contribution in [0.1, 0.15) is 0 Å². The zero-order chi connectivity index (χ0) is 6.85. The molecule has 0 aliphatic carbocycles. The highest BCUT2D eigenvalue weighted by Crippen LogP contribution is 1.96. The van der Waals surface area contributed by atoms with Crippen LogP contribution in [0.3, 0.4) is 0 Å². The smallest absolute Gasteiger partial charge is 0.219 e. The van der Waals surface area contributed by atoms with E-state index >= 15 is 0 Å². The van der Waals surface area contributed by atoms with E-state index in [0.29, 0.717) is 0 Å². The average molecular weight is 148 g/mol. The van der Waals surface area contributed by atoms with Crippen molar-refractivity contribution < 1.29 is 0 Å². The van der Waals surface area contributed by atoms with Crippen LogP contribution in [0.2, 0.25) is 0 Å². The fourth-order valence-electron chi connectivity index (χ4n) is 0.401. The number of hydrazine groups is 1. The molecule has 6 heteroatoms. The highest BCUT2D eigenvalue weighted by atomic mass is 35.5. The third-order valence-corrected chi connectivity index (χ3v) is 1.13. The topological polar surface area (TPSA) is 80.0 Å². The van der Waals surface area contributed by atoms with Crippen molar-refractivity contribution in [2.45, 2.75) is 0 Å². The van der Waals surface area contributed by atoms with E-state index in [9.17, 15) is 0 Å². The molecule has 1 aliphatic rings. The summed E-state index contributed by atoms with van der Waals surface area (Å²) in [6.45, 7) is 0.272. The first-order chi connectivity index (χ1) is 4.20. The van der Waals surface area contributed by atoms with Gasteiger partial charge in [0.15, 0.2) is 0 Å². The van der Waals surface area contributed by atoms with Crippen molar-refractivity contribution in [2.24, 2.45) is 21.6 Å². The van der Waals surface area contributed by atoms with Crippen molar-refractivity contribution in [2.75, 3.05) is 6.67 Å². The van der Waals surface area contributed by atoms with Crippen LogP contribution in [-0.2, 0) is 0 Å². The maximum Gasteiger partial charge on any atom is 0.219 e. The molecule has 0 aromatic rings. The molecule has 5 nitrogen and oxygen atoms in total. The first-order valence-corrected chi connectivity index (χ1v) is 2.64. The molecule has 9 heavy (non-hydrogen) atoms. The van der Waals surface area contributed by atoms with Crippen molar-refractivity contribution in [1.29, 1.82) is 0 Å². The molecule has 0 spiro atoms. The van der Waals surface area contributed by atoms with Gasteiger partial charge >= 0.3 is 0 Å². The van der Waals surface area contributed by atoms with Crippen molar-refractivity contribution in [3.05, 3.63) is 0 Å². The third-order valence-electron chi connectivity index (χ3n) is 0.829. The summed E-state index contributed by atoms with van der Waals surface area (Å²) in [5.41, 5.74) is 5.18. The van der Waals surface area contributed by atoms with E-state index in [2.05, 4.69) is 9.98 Å². The Morgan fingerprint density at radius 2 is 2.33 bits per heavy atom. The van der Waals surface area contributed by atoms with E-state index < -0.39 is 0 Å². The number of hydrogen-bond acceptors (Lipinski definition) is 5. The zero-order valence-corrected chi connectivity index (χ0v) is 5.34. The predicted molar refractivity (Wildman–Crippen MR) is 35.8 cm³/mol. The van der Waals surface area contributed by atoms with E-state index in [1.807, 2.05) is 0 Å². The minimum atomic E-state index is 0.168. The Hall–Kier alpha value is -0.810. The second-order valence-electron chi connectivity index (χ2n) is 1.51. The summed E-state index contributed by atoms with van der Waals surface area (Å²) < 4.78 is 0. The second kappa shape index (κ2) is 2.20. The van der Waals surface area contributed by atoms with E-state index in [4.69, 9.17) is 23.2 Å². The lowest BCUT2D eigenvalue weighted by Crippen LogP contribution is -2.39. The highest BCUT2D eigenvalue weighted by molar-refractivity contribution is 6.65. The van der Waals surface area contributed by atoms with E-state index in [1.54, 1.807) is 0 Å². The van der Waals surface area contributed by atoms with Gasteiger partial charge in [-0.25, -0.2) is 10.8 Å². The summed E-state index contributed by atoms with van der Waals surface area (Å²) in [6, 6.07) is 0. The standard InChI is InChI=1S/C3H6ClN5/c4-2-8-3(5)7-1-9(2)6/h1,6H2,(H2,5,7). The first kappa shape index (κ1) is 6.31. The van der Waals surface area contributed by atoms with Crippen molar-refractivity contribution >= 4 is 22.9 Å². The molecule has 0 radical (unpaired) electrons. The van der Waals surface area contributed by atoms with Crippen molar-refractivity contribution in [3.63, 3.8) is 0 Å². The van der Waals surface area contributed by atoms with Gasteiger partial charge in [-0.2, -0.15) is 4.99 Å². The van der Waals surface area contributed by atoms with Crippen molar-refractivity contribution in [1.82, 2.24) is 5.01 Å². The van der Waals surface area contributed by atoms with Crippen LogP contribution in [0.15, 0.2) is 9.98 Å². The van der Waals surface area contributed by atoms with Gasteiger partial charge in [0.2, 0.25) is 11.3 Å². The summed E-state index contributed by atoms with van der Waals surface area (Å²) in [7, 11) is 0. The van der Waals surface area contributed by atoms with Gasteiger partial charge in [-0.1, -0.05) is 0 Å². The molecule has 0 aromatic heterocycles. The molecule has 1 heterocycles. The van der Waals surface area contributed by atoms with Crippen LogP contribution >= 0.6 is 11.6 Å². The van der Waals surface area contributed by atoms with Gasteiger partial charge < -0.3 is 5.73 Å². The molecular weight excluding hydrogens is 142 g/mol. The molecule has 0 fully saturated rings. The van der Waals surface area contributed by atoms with Crippen LogP contribution in [0, 0.1) is 0 Å². The lowest BCUT2D eigenvalue weighted by atomic mass is 10.8. The van der Waals surface area contributed by atoms with Gasteiger partial charge in [0.05, 0.1) is 0 Å². The summed E-state index contributed by atoms with van der Waals surface area (Å²) in [5.74, 6) is 5.42. The Bertz CT molecular complexity index is 173. The number of nitrogens with zero attached hydrogens (tertiary/aromatic N) is 3.